The number of benzene rings is 5. The van der Waals surface area contributed by atoms with E-state index in [0.717, 1.165) is 38.6 Å². The number of aromatic nitrogens is 4. The molecule has 8 heteroatoms. The highest BCUT2D eigenvalue weighted by molar-refractivity contribution is 6.30. The molecule has 7 aromatic rings. The fourth-order valence-electron chi connectivity index (χ4n) is 6.06. The zero-order valence-corrected chi connectivity index (χ0v) is 26.0. The molecule has 0 fully saturated rings. The van der Waals surface area contributed by atoms with Crippen molar-refractivity contribution in [3.63, 3.8) is 0 Å². The number of halogens is 1. The Morgan fingerprint density at radius 2 is 1.15 bits per heavy atom. The van der Waals surface area contributed by atoms with Crippen molar-refractivity contribution in [1.82, 2.24) is 20.4 Å². The van der Waals surface area contributed by atoms with Gasteiger partial charge in [-0.05, 0) is 59.5 Å². The van der Waals surface area contributed by atoms with Crippen LogP contribution in [0.5, 0.6) is 5.75 Å². The van der Waals surface area contributed by atoms with E-state index in [2.05, 4.69) is 20.4 Å². The quantitative estimate of drug-likeness (QED) is 0.136. The van der Waals surface area contributed by atoms with Gasteiger partial charge in [0, 0.05) is 10.6 Å². The van der Waals surface area contributed by atoms with Crippen LogP contribution < -0.4 is 15.9 Å². The molecular formula is C38H31ClN4O3. The van der Waals surface area contributed by atoms with Crippen LogP contribution in [-0.2, 0) is 6.61 Å². The first-order chi connectivity index (χ1) is 22.4. The molecule has 0 unspecified atom stereocenters. The van der Waals surface area contributed by atoms with Crippen LogP contribution in [0.15, 0.2) is 119 Å². The van der Waals surface area contributed by atoms with E-state index in [4.69, 9.17) is 16.3 Å². The van der Waals surface area contributed by atoms with Crippen molar-refractivity contribution >= 4 is 22.4 Å². The highest BCUT2D eigenvalue weighted by atomic mass is 35.5. The summed E-state index contributed by atoms with van der Waals surface area (Å²) in [6.45, 7) is 4.29. The van der Waals surface area contributed by atoms with Gasteiger partial charge in [-0.15, -0.1) is 0 Å². The number of hydrogen-bond donors (Lipinski definition) is 4. The molecule has 7 nitrogen and oxygen atoms in total. The predicted molar refractivity (Wildman–Crippen MR) is 184 cm³/mol. The van der Waals surface area contributed by atoms with Crippen LogP contribution in [0.4, 0.5) is 0 Å². The molecule has 2 aromatic heterocycles. The van der Waals surface area contributed by atoms with Gasteiger partial charge in [-0.2, -0.15) is 0 Å². The van der Waals surface area contributed by atoms with Gasteiger partial charge >= 0.3 is 0 Å². The first kappa shape index (κ1) is 29.2. The maximum atomic E-state index is 14.0. The van der Waals surface area contributed by atoms with Crippen molar-refractivity contribution < 1.29 is 4.74 Å². The summed E-state index contributed by atoms with van der Waals surface area (Å²) in [5.74, 6) is -0.270. The lowest BCUT2D eigenvalue weighted by molar-refractivity contribution is 0.303. The largest absolute Gasteiger partial charge is 0.489 e. The molecule has 0 saturated carbocycles. The SMILES string of the molecule is Cc1ccc(-c2[nH][nH]c(=O)c2C(c2c(-c3ccc(C)cc3)[nH][nH]c2=O)c2c(OCc3ccc(Cl)cc3)ccc3ccccc23)cc1. The Labute approximate surface area is 269 Å². The molecule has 46 heavy (non-hydrogen) atoms. The highest BCUT2D eigenvalue weighted by Gasteiger charge is 2.34. The lowest BCUT2D eigenvalue weighted by Gasteiger charge is -2.23. The number of hydrogen-bond acceptors (Lipinski definition) is 3. The fourth-order valence-corrected chi connectivity index (χ4v) is 6.18. The van der Waals surface area contributed by atoms with Crippen molar-refractivity contribution in [3.8, 4) is 28.3 Å². The van der Waals surface area contributed by atoms with Gasteiger partial charge in [0.05, 0.1) is 28.4 Å². The van der Waals surface area contributed by atoms with E-state index in [0.29, 0.717) is 38.9 Å². The van der Waals surface area contributed by atoms with Crippen molar-refractivity contribution in [2.24, 2.45) is 0 Å². The first-order valence-electron chi connectivity index (χ1n) is 15.0. The second-order valence-corrected chi connectivity index (χ2v) is 12.0. The summed E-state index contributed by atoms with van der Waals surface area (Å²) in [6, 6.07) is 35.2. The van der Waals surface area contributed by atoms with Crippen LogP contribution in [0.2, 0.25) is 5.02 Å². The fraction of sp³-hybridized carbons (Fsp3) is 0.105. The second-order valence-electron chi connectivity index (χ2n) is 11.5. The number of nitrogens with one attached hydrogen (secondary N) is 4. The van der Waals surface area contributed by atoms with E-state index in [1.54, 1.807) is 0 Å². The molecule has 2 heterocycles. The number of H-pyrrole nitrogens is 4. The van der Waals surface area contributed by atoms with Gasteiger partial charge in [0.15, 0.2) is 0 Å². The molecule has 0 saturated heterocycles. The monoisotopic (exact) mass is 626 g/mol. The maximum Gasteiger partial charge on any atom is 0.268 e. The van der Waals surface area contributed by atoms with Crippen LogP contribution >= 0.6 is 11.6 Å². The lowest BCUT2D eigenvalue weighted by Crippen LogP contribution is -2.21. The summed E-state index contributed by atoms with van der Waals surface area (Å²) < 4.78 is 6.56. The Morgan fingerprint density at radius 1 is 0.609 bits per heavy atom. The Balaban J connectivity index is 1.53. The van der Waals surface area contributed by atoms with Crippen LogP contribution in [0, 0.1) is 13.8 Å². The summed E-state index contributed by atoms with van der Waals surface area (Å²) >= 11 is 6.14. The van der Waals surface area contributed by atoms with Crippen LogP contribution in [0.1, 0.15) is 39.3 Å². The minimum Gasteiger partial charge on any atom is -0.489 e. The summed E-state index contributed by atoms with van der Waals surface area (Å²) in [6.07, 6.45) is 0. The summed E-state index contributed by atoms with van der Waals surface area (Å²) in [4.78, 5) is 28.0. The molecule has 0 amide bonds. The van der Waals surface area contributed by atoms with Crippen LogP contribution in [-0.4, -0.2) is 20.4 Å². The Kier molecular flexibility index (Phi) is 7.68. The lowest BCUT2D eigenvalue weighted by atomic mass is 9.80. The molecule has 228 valence electrons. The molecule has 0 aliphatic carbocycles. The molecule has 4 N–H and O–H groups in total. The topological polar surface area (TPSA) is 107 Å². The Hall–Kier alpha value is -5.53. The average molecular weight is 627 g/mol. The van der Waals surface area contributed by atoms with E-state index in [1.807, 2.05) is 123 Å². The van der Waals surface area contributed by atoms with Gasteiger partial charge in [0.1, 0.15) is 12.4 Å². The number of ether oxygens (including phenoxy) is 1. The minimum absolute atomic E-state index is 0.262. The van der Waals surface area contributed by atoms with Gasteiger partial charge in [-0.3, -0.25) is 30.0 Å². The average Bonchev–Trinajstić information content (AvgIpc) is 3.64. The zero-order valence-electron chi connectivity index (χ0n) is 25.3. The third-order valence-corrected chi connectivity index (χ3v) is 8.67. The van der Waals surface area contributed by atoms with Crippen LogP contribution in [0.25, 0.3) is 33.3 Å². The molecular weight excluding hydrogens is 596 g/mol. The number of aryl methyl sites for hydroxylation is 2. The smallest absolute Gasteiger partial charge is 0.268 e. The molecule has 0 aliphatic heterocycles. The van der Waals surface area contributed by atoms with E-state index in [9.17, 15) is 9.59 Å². The van der Waals surface area contributed by atoms with Gasteiger partial charge < -0.3 is 4.74 Å². The van der Waals surface area contributed by atoms with Crippen LogP contribution in [0.3, 0.4) is 0 Å². The standard InChI is InChI=1S/C38H31ClN4O3/c1-22-7-13-26(14-8-22)35-33(37(44)42-40-35)32(34-36(41-43-38(34)45)27-15-9-23(2)10-16-27)31-29-6-4-3-5-25(29)17-20-30(31)46-21-24-11-18-28(39)19-12-24/h3-20,32H,21H2,1-2H3,(H2,40,42,44)(H2,41,43,45). The molecule has 0 bridgehead atoms. The molecule has 0 atom stereocenters. The van der Waals surface area contributed by atoms with Crippen molar-refractivity contribution in [1.29, 1.82) is 0 Å². The van der Waals surface area contributed by atoms with Gasteiger partial charge in [0.2, 0.25) is 0 Å². The molecule has 7 rings (SSSR count). The van der Waals surface area contributed by atoms with Crippen molar-refractivity contribution in [3.05, 3.63) is 168 Å². The van der Waals surface area contributed by atoms with E-state index in [-0.39, 0.29) is 17.7 Å². The van der Waals surface area contributed by atoms with E-state index >= 15 is 0 Å². The number of rotatable bonds is 8. The summed E-state index contributed by atoms with van der Waals surface area (Å²) in [7, 11) is 0. The number of aromatic amines is 4. The van der Waals surface area contributed by atoms with Crippen molar-refractivity contribution in [2.75, 3.05) is 0 Å². The van der Waals surface area contributed by atoms with E-state index in [1.165, 1.54) is 0 Å². The predicted octanol–water partition coefficient (Wildman–Crippen LogP) is 8.24. The number of fused-ring (bicyclic) bond motifs is 1. The first-order valence-corrected chi connectivity index (χ1v) is 15.4. The van der Waals surface area contributed by atoms with Gasteiger partial charge in [0.25, 0.3) is 11.1 Å². The second kappa shape index (κ2) is 12.1. The third-order valence-electron chi connectivity index (χ3n) is 8.41. The molecule has 5 aromatic carbocycles. The maximum absolute atomic E-state index is 14.0. The summed E-state index contributed by atoms with van der Waals surface area (Å²) in [5, 5.41) is 14.4. The van der Waals surface area contributed by atoms with Gasteiger partial charge in [-0.1, -0.05) is 114 Å². The normalized spacial score (nSPS) is 11.4. The molecule has 0 aliphatic rings. The van der Waals surface area contributed by atoms with E-state index < -0.39 is 5.92 Å². The van der Waals surface area contributed by atoms with Crippen molar-refractivity contribution in [2.45, 2.75) is 26.4 Å². The van der Waals surface area contributed by atoms with Gasteiger partial charge in [-0.25, -0.2) is 0 Å². The Bertz CT molecular complexity index is 2180. The summed E-state index contributed by atoms with van der Waals surface area (Å²) in [5.41, 5.74) is 6.83. The molecule has 0 spiro atoms. The zero-order chi connectivity index (χ0) is 31.8. The third kappa shape index (κ3) is 5.46. The Morgan fingerprint density at radius 3 is 1.72 bits per heavy atom. The highest BCUT2D eigenvalue weighted by Crippen LogP contribution is 2.44. The minimum atomic E-state index is -0.830. The molecule has 0 radical (unpaired) electrons.